The highest BCUT2D eigenvalue weighted by atomic mass is 35.5. The van der Waals surface area contributed by atoms with Crippen molar-refractivity contribution in [1.82, 2.24) is 10.2 Å². The summed E-state index contributed by atoms with van der Waals surface area (Å²) in [7, 11) is 3.49. The predicted molar refractivity (Wildman–Crippen MR) is 102 cm³/mol. The number of carbonyl (C=O) groups is 1. The molecule has 0 bridgehead atoms. The van der Waals surface area contributed by atoms with Gasteiger partial charge in [-0.15, -0.1) is 0 Å². The van der Waals surface area contributed by atoms with Gasteiger partial charge in [0, 0.05) is 0 Å². The first-order valence-electron chi connectivity index (χ1n) is 8.52. The number of hydrogen-bond donors (Lipinski definition) is 2. The summed E-state index contributed by atoms with van der Waals surface area (Å²) in [5.41, 5.74) is -1.57. The summed E-state index contributed by atoms with van der Waals surface area (Å²) in [5, 5.41) is 12.1. The van der Waals surface area contributed by atoms with E-state index in [9.17, 15) is 23.1 Å². The Bertz CT molecular complexity index is 828. The van der Waals surface area contributed by atoms with Gasteiger partial charge in [-0.3, -0.25) is 9.69 Å². The van der Waals surface area contributed by atoms with Gasteiger partial charge in [0.15, 0.2) is 0 Å². The smallest absolute Gasteiger partial charge is 0.394 e. The van der Waals surface area contributed by atoms with E-state index >= 15 is 0 Å². The summed E-state index contributed by atoms with van der Waals surface area (Å²) < 4.78 is 39.3. The molecule has 1 amide bonds. The Morgan fingerprint density at radius 2 is 1.75 bits per heavy atom. The van der Waals surface area contributed by atoms with Crippen LogP contribution < -0.4 is 5.32 Å². The minimum Gasteiger partial charge on any atom is -0.394 e. The molecule has 2 atom stereocenters. The summed E-state index contributed by atoms with van der Waals surface area (Å²) >= 11 is 5.89. The van der Waals surface area contributed by atoms with Crippen LogP contribution in [-0.2, 0) is 6.18 Å². The first-order valence-corrected chi connectivity index (χ1v) is 8.90. The maximum absolute atomic E-state index is 13.1. The van der Waals surface area contributed by atoms with Crippen LogP contribution >= 0.6 is 11.6 Å². The Balaban J connectivity index is 2.47. The molecule has 0 aromatic heterocycles. The van der Waals surface area contributed by atoms with E-state index in [0.29, 0.717) is 5.56 Å². The number of aliphatic hydroxyl groups is 1. The SMILES string of the molecule is CN(C)C(C)(CO)C(NC(=O)c1cccc(C(F)(F)F)c1Cl)c1ccccc1. The topological polar surface area (TPSA) is 52.6 Å². The highest BCUT2D eigenvalue weighted by Gasteiger charge is 2.39. The number of amides is 1. The zero-order valence-electron chi connectivity index (χ0n) is 15.7. The lowest BCUT2D eigenvalue weighted by Crippen LogP contribution is -2.55. The molecule has 0 spiro atoms. The predicted octanol–water partition coefficient (Wildman–Crippen LogP) is 4.14. The molecular weight excluding hydrogens is 393 g/mol. The second-order valence-corrected chi connectivity index (χ2v) is 7.27. The number of aliphatic hydroxyl groups excluding tert-OH is 1. The average Bonchev–Trinajstić information content (AvgIpc) is 2.65. The molecule has 152 valence electrons. The molecule has 2 N–H and O–H groups in total. The molecule has 2 aromatic rings. The Morgan fingerprint density at radius 1 is 1.14 bits per heavy atom. The van der Waals surface area contributed by atoms with E-state index in [4.69, 9.17) is 11.6 Å². The highest BCUT2D eigenvalue weighted by molar-refractivity contribution is 6.34. The van der Waals surface area contributed by atoms with Gasteiger partial charge in [-0.2, -0.15) is 13.2 Å². The lowest BCUT2D eigenvalue weighted by molar-refractivity contribution is -0.137. The van der Waals surface area contributed by atoms with Crippen molar-refractivity contribution < 1.29 is 23.1 Å². The molecule has 0 radical (unpaired) electrons. The van der Waals surface area contributed by atoms with E-state index in [2.05, 4.69) is 5.32 Å². The van der Waals surface area contributed by atoms with Crippen molar-refractivity contribution in [1.29, 1.82) is 0 Å². The molecule has 0 heterocycles. The van der Waals surface area contributed by atoms with Crippen LogP contribution in [-0.4, -0.2) is 42.2 Å². The van der Waals surface area contributed by atoms with Gasteiger partial charge in [0.05, 0.1) is 34.3 Å². The lowest BCUT2D eigenvalue weighted by Gasteiger charge is -2.42. The second-order valence-electron chi connectivity index (χ2n) is 6.89. The van der Waals surface area contributed by atoms with Crippen molar-refractivity contribution in [2.24, 2.45) is 0 Å². The van der Waals surface area contributed by atoms with Gasteiger partial charge in [0.1, 0.15) is 0 Å². The van der Waals surface area contributed by atoms with Crippen molar-refractivity contribution >= 4 is 17.5 Å². The molecule has 0 aliphatic rings. The third-order valence-electron chi connectivity index (χ3n) is 4.92. The van der Waals surface area contributed by atoms with E-state index in [1.165, 1.54) is 6.07 Å². The van der Waals surface area contributed by atoms with E-state index in [0.717, 1.165) is 12.1 Å². The molecule has 0 saturated carbocycles. The molecule has 0 fully saturated rings. The van der Waals surface area contributed by atoms with Gasteiger partial charge in [0.2, 0.25) is 0 Å². The van der Waals surface area contributed by atoms with Gasteiger partial charge in [-0.25, -0.2) is 0 Å². The van der Waals surface area contributed by atoms with Gasteiger partial charge in [-0.1, -0.05) is 48.0 Å². The fraction of sp³-hybridized carbons (Fsp3) is 0.350. The number of halogens is 4. The Hall–Kier alpha value is -2.09. The quantitative estimate of drug-likeness (QED) is 0.746. The highest BCUT2D eigenvalue weighted by Crippen LogP contribution is 2.37. The van der Waals surface area contributed by atoms with Crippen molar-refractivity contribution in [3.05, 3.63) is 70.2 Å². The zero-order chi connectivity index (χ0) is 21.1. The summed E-state index contributed by atoms with van der Waals surface area (Å²) in [5.74, 6) is -0.758. The van der Waals surface area contributed by atoms with Crippen LogP contribution in [0.5, 0.6) is 0 Å². The standard InChI is InChI=1S/C20H22ClF3N2O2/c1-19(12-27,26(2)3)17(13-8-5-4-6-9-13)25-18(28)14-10-7-11-15(16(14)21)20(22,23)24/h4-11,17,27H,12H2,1-3H3,(H,25,28). The van der Waals surface area contributed by atoms with Gasteiger partial charge >= 0.3 is 6.18 Å². The number of carbonyl (C=O) groups excluding carboxylic acids is 1. The molecule has 2 unspecified atom stereocenters. The summed E-state index contributed by atoms with van der Waals surface area (Å²) in [6.45, 7) is 1.45. The molecule has 0 saturated heterocycles. The maximum Gasteiger partial charge on any atom is 0.417 e. The van der Waals surface area contributed by atoms with Crippen LogP contribution in [0.25, 0.3) is 0 Å². The monoisotopic (exact) mass is 414 g/mol. The number of rotatable bonds is 6. The van der Waals surface area contributed by atoms with Crippen LogP contribution in [0.15, 0.2) is 48.5 Å². The largest absolute Gasteiger partial charge is 0.417 e. The van der Waals surface area contributed by atoms with Gasteiger partial charge in [0.25, 0.3) is 5.91 Å². The molecule has 0 aliphatic carbocycles. The number of likely N-dealkylation sites (N-methyl/N-ethyl adjacent to an activating group) is 1. The fourth-order valence-corrected chi connectivity index (χ4v) is 3.19. The van der Waals surface area contributed by atoms with Gasteiger partial charge in [-0.05, 0) is 38.7 Å². The van der Waals surface area contributed by atoms with E-state index in [1.54, 1.807) is 56.3 Å². The van der Waals surface area contributed by atoms with Crippen molar-refractivity contribution in [3.63, 3.8) is 0 Å². The maximum atomic E-state index is 13.1. The number of nitrogens with one attached hydrogen (secondary N) is 1. The Morgan fingerprint density at radius 3 is 2.25 bits per heavy atom. The third-order valence-corrected chi connectivity index (χ3v) is 5.33. The zero-order valence-corrected chi connectivity index (χ0v) is 16.5. The number of alkyl halides is 3. The van der Waals surface area contributed by atoms with E-state index in [1.807, 2.05) is 0 Å². The van der Waals surface area contributed by atoms with Crippen LogP contribution in [0.3, 0.4) is 0 Å². The van der Waals surface area contributed by atoms with Crippen LogP contribution in [0.4, 0.5) is 13.2 Å². The fourth-order valence-electron chi connectivity index (χ4n) is 2.87. The number of benzene rings is 2. The number of nitrogens with zero attached hydrogens (tertiary/aromatic N) is 1. The van der Waals surface area contributed by atoms with Gasteiger partial charge < -0.3 is 10.4 Å². The first kappa shape index (κ1) is 22.2. The van der Waals surface area contributed by atoms with Crippen LogP contribution in [0, 0.1) is 0 Å². The molecule has 0 aliphatic heterocycles. The van der Waals surface area contributed by atoms with Crippen LogP contribution in [0.1, 0.15) is 34.5 Å². The Labute approximate surface area is 166 Å². The molecule has 28 heavy (non-hydrogen) atoms. The van der Waals surface area contributed by atoms with Crippen molar-refractivity contribution in [2.45, 2.75) is 24.7 Å². The average molecular weight is 415 g/mol. The molecular formula is C20H22ClF3N2O2. The van der Waals surface area contributed by atoms with Crippen LogP contribution in [0.2, 0.25) is 5.02 Å². The summed E-state index contributed by atoms with van der Waals surface area (Å²) in [6, 6.07) is 11.4. The second kappa shape index (κ2) is 8.51. The normalized spacial score (nSPS) is 15.2. The minimum absolute atomic E-state index is 0.281. The Kier molecular flexibility index (Phi) is 6.75. The lowest BCUT2D eigenvalue weighted by atomic mass is 9.86. The van der Waals surface area contributed by atoms with E-state index < -0.39 is 34.3 Å². The van der Waals surface area contributed by atoms with Crippen molar-refractivity contribution in [3.8, 4) is 0 Å². The van der Waals surface area contributed by atoms with Crippen molar-refractivity contribution in [2.75, 3.05) is 20.7 Å². The first-order chi connectivity index (χ1) is 13.0. The molecule has 2 aromatic carbocycles. The molecule has 2 rings (SSSR count). The molecule has 8 heteroatoms. The summed E-state index contributed by atoms with van der Waals surface area (Å²) in [6.07, 6.45) is -4.67. The molecule has 4 nitrogen and oxygen atoms in total. The van der Waals surface area contributed by atoms with E-state index in [-0.39, 0.29) is 12.2 Å². The summed E-state index contributed by atoms with van der Waals surface area (Å²) in [4.78, 5) is 14.6. The number of hydrogen-bond acceptors (Lipinski definition) is 3. The minimum atomic E-state index is -4.67. The third kappa shape index (κ3) is 4.48.